The summed E-state index contributed by atoms with van der Waals surface area (Å²) in [6.45, 7) is 1.89. The number of halogens is 2. The molecule has 1 atom stereocenters. The standard InChI is InChI=1S/C23H25Cl2N3O2S/c24-18-12-17(13-19(25)14-18)22(30)28-10-7-23(8-11-28)27-20(15-31-23)21(29)26-9-6-16-4-2-1-3-5-16/h1-5,12-14,20,27H,6-11,15H2,(H,26,29). The van der Waals surface area contributed by atoms with E-state index < -0.39 is 0 Å². The Morgan fingerprint density at radius 1 is 1.10 bits per heavy atom. The minimum Gasteiger partial charge on any atom is -0.354 e. The van der Waals surface area contributed by atoms with E-state index in [1.807, 2.05) is 23.1 Å². The second kappa shape index (κ2) is 9.82. The molecule has 5 nitrogen and oxygen atoms in total. The molecule has 31 heavy (non-hydrogen) atoms. The van der Waals surface area contributed by atoms with E-state index in [-0.39, 0.29) is 22.7 Å². The Morgan fingerprint density at radius 2 is 1.77 bits per heavy atom. The first-order valence-electron chi connectivity index (χ1n) is 10.4. The van der Waals surface area contributed by atoms with Gasteiger partial charge < -0.3 is 10.2 Å². The topological polar surface area (TPSA) is 61.4 Å². The monoisotopic (exact) mass is 477 g/mol. The molecule has 2 saturated heterocycles. The average Bonchev–Trinajstić information content (AvgIpc) is 3.17. The summed E-state index contributed by atoms with van der Waals surface area (Å²) in [4.78, 5) is 27.1. The second-order valence-electron chi connectivity index (χ2n) is 7.98. The fourth-order valence-corrected chi connectivity index (χ4v) is 6.05. The molecule has 2 aromatic rings. The molecule has 2 aliphatic heterocycles. The number of thioether (sulfide) groups is 1. The number of nitrogens with one attached hydrogen (secondary N) is 2. The van der Waals surface area contributed by atoms with Gasteiger partial charge in [-0.2, -0.15) is 0 Å². The van der Waals surface area contributed by atoms with Crippen LogP contribution in [0.25, 0.3) is 0 Å². The van der Waals surface area contributed by atoms with E-state index in [0.29, 0.717) is 35.2 Å². The first-order valence-corrected chi connectivity index (χ1v) is 12.2. The first-order chi connectivity index (χ1) is 14.9. The van der Waals surface area contributed by atoms with Crippen LogP contribution in [0.15, 0.2) is 48.5 Å². The highest BCUT2D eigenvalue weighted by Gasteiger charge is 2.44. The molecule has 0 saturated carbocycles. The predicted octanol–water partition coefficient (Wildman–Crippen LogP) is 3.99. The fraction of sp³-hybridized carbons (Fsp3) is 0.391. The van der Waals surface area contributed by atoms with Gasteiger partial charge in [-0.05, 0) is 43.0 Å². The van der Waals surface area contributed by atoms with Crippen LogP contribution in [-0.4, -0.2) is 53.0 Å². The zero-order valence-electron chi connectivity index (χ0n) is 17.1. The molecule has 2 aliphatic rings. The lowest BCUT2D eigenvalue weighted by Gasteiger charge is -2.39. The van der Waals surface area contributed by atoms with Crippen LogP contribution in [0.5, 0.6) is 0 Å². The van der Waals surface area contributed by atoms with E-state index in [0.717, 1.165) is 25.0 Å². The van der Waals surface area contributed by atoms with Crippen molar-refractivity contribution in [3.8, 4) is 0 Å². The maximum absolute atomic E-state index is 12.8. The van der Waals surface area contributed by atoms with Crippen molar-refractivity contribution in [3.63, 3.8) is 0 Å². The number of benzene rings is 2. The summed E-state index contributed by atoms with van der Waals surface area (Å²) in [6, 6.07) is 14.9. The van der Waals surface area contributed by atoms with Crippen LogP contribution in [0.4, 0.5) is 0 Å². The van der Waals surface area contributed by atoms with Crippen molar-refractivity contribution in [1.29, 1.82) is 0 Å². The van der Waals surface area contributed by atoms with Gasteiger partial charge in [0.05, 0.1) is 10.9 Å². The van der Waals surface area contributed by atoms with E-state index in [4.69, 9.17) is 23.2 Å². The Bertz CT molecular complexity index is 929. The molecule has 0 aromatic heterocycles. The highest BCUT2D eigenvalue weighted by Crippen LogP contribution is 2.39. The van der Waals surface area contributed by atoms with Crippen LogP contribution < -0.4 is 10.6 Å². The van der Waals surface area contributed by atoms with Crippen molar-refractivity contribution in [2.24, 2.45) is 0 Å². The van der Waals surface area contributed by atoms with E-state index in [9.17, 15) is 9.59 Å². The lowest BCUT2D eigenvalue weighted by Crippen LogP contribution is -2.54. The van der Waals surface area contributed by atoms with Gasteiger partial charge in [0, 0.05) is 41.0 Å². The largest absolute Gasteiger partial charge is 0.354 e. The molecule has 1 spiro atoms. The third-order valence-corrected chi connectivity index (χ3v) is 7.82. The molecule has 2 amide bonds. The zero-order chi connectivity index (χ0) is 21.8. The van der Waals surface area contributed by atoms with Crippen molar-refractivity contribution >= 4 is 46.8 Å². The van der Waals surface area contributed by atoms with Crippen molar-refractivity contribution in [2.45, 2.75) is 30.2 Å². The van der Waals surface area contributed by atoms with Crippen LogP contribution in [0, 0.1) is 0 Å². The van der Waals surface area contributed by atoms with Crippen LogP contribution >= 0.6 is 35.0 Å². The van der Waals surface area contributed by atoms with Gasteiger partial charge in [0.2, 0.25) is 5.91 Å². The predicted molar refractivity (Wildman–Crippen MR) is 127 cm³/mol. The van der Waals surface area contributed by atoms with E-state index >= 15 is 0 Å². The molecule has 8 heteroatoms. The van der Waals surface area contributed by atoms with Gasteiger partial charge in [-0.25, -0.2) is 0 Å². The van der Waals surface area contributed by atoms with Crippen molar-refractivity contribution in [2.75, 3.05) is 25.4 Å². The molecule has 164 valence electrons. The Balaban J connectivity index is 1.26. The van der Waals surface area contributed by atoms with Crippen LogP contribution in [0.1, 0.15) is 28.8 Å². The Kier molecular flexibility index (Phi) is 7.12. The summed E-state index contributed by atoms with van der Waals surface area (Å²) in [5.74, 6) is 0.736. The average molecular weight is 478 g/mol. The lowest BCUT2D eigenvalue weighted by atomic mass is 10.0. The molecule has 1 unspecified atom stereocenters. The number of likely N-dealkylation sites (tertiary alicyclic amines) is 1. The third kappa shape index (κ3) is 5.55. The molecular formula is C23H25Cl2N3O2S. The number of piperidine rings is 1. The minimum atomic E-state index is -0.199. The highest BCUT2D eigenvalue weighted by atomic mass is 35.5. The van der Waals surface area contributed by atoms with Crippen LogP contribution in [-0.2, 0) is 11.2 Å². The Labute approximate surface area is 196 Å². The van der Waals surface area contributed by atoms with E-state index in [2.05, 4.69) is 22.8 Å². The van der Waals surface area contributed by atoms with Crippen molar-refractivity contribution in [1.82, 2.24) is 15.5 Å². The van der Waals surface area contributed by atoms with E-state index in [1.165, 1.54) is 5.56 Å². The molecular weight excluding hydrogens is 453 g/mol. The minimum absolute atomic E-state index is 0.0485. The van der Waals surface area contributed by atoms with Crippen LogP contribution in [0.3, 0.4) is 0 Å². The number of carbonyl (C=O) groups excluding carboxylic acids is 2. The molecule has 4 rings (SSSR count). The number of hydrogen-bond acceptors (Lipinski definition) is 4. The van der Waals surface area contributed by atoms with Gasteiger partial charge in [-0.15, -0.1) is 11.8 Å². The fourth-order valence-electron chi connectivity index (χ4n) is 4.10. The molecule has 2 aromatic carbocycles. The lowest BCUT2D eigenvalue weighted by molar-refractivity contribution is -0.122. The number of amides is 2. The van der Waals surface area contributed by atoms with Gasteiger partial charge >= 0.3 is 0 Å². The van der Waals surface area contributed by atoms with Crippen molar-refractivity contribution < 1.29 is 9.59 Å². The third-order valence-electron chi connectivity index (χ3n) is 5.80. The number of nitrogens with zero attached hydrogens (tertiary/aromatic N) is 1. The summed E-state index contributed by atoms with van der Waals surface area (Å²) < 4.78 is 0. The van der Waals surface area contributed by atoms with Crippen molar-refractivity contribution in [3.05, 3.63) is 69.7 Å². The van der Waals surface area contributed by atoms with E-state index in [1.54, 1.807) is 30.0 Å². The van der Waals surface area contributed by atoms with Gasteiger partial charge in [0.1, 0.15) is 0 Å². The quantitative estimate of drug-likeness (QED) is 0.683. The molecule has 2 N–H and O–H groups in total. The number of carbonyl (C=O) groups is 2. The maximum atomic E-state index is 12.8. The smallest absolute Gasteiger partial charge is 0.253 e. The Hall–Kier alpha value is -1.73. The summed E-state index contributed by atoms with van der Waals surface area (Å²) in [5.41, 5.74) is 1.72. The molecule has 2 heterocycles. The summed E-state index contributed by atoms with van der Waals surface area (Å²) >= 11 is 13.9. The number of rotatable bonds is 5. The van der Waals surface area contributed by atoms with Gasteiger partial charge in [-0.3, -0.25) is 14.9 Å². The maximum Gasteiger partial charge on any atom is 0.253 e. The number of hydrogen-bond donors (Lipinski definition) is 2. The van der Waals surface area contributed by atoms with Gasteiger partial charge in [0.25, 0.3) is 5.91 Å². The molecule has 0 bridgehead atoms. The summed E-state index contributed by atoms with van der Waals surface area (Å²) in [6.07, 6.45) is 2.42. The molecule has 0 aliphatic carbocycles. The van der Waals surface area contributed by atoms with Gasteiger partial charge in [-0.1, -0.05) is 53.5 Å². The molecule has 0 radical (unpaired) electrons. The normalized spacial score (nSPS) is 20.1. The molecule has 2 fully saturated rings. The second-order valence-corrected chi connectivity index (χ2v) is 10.3. The SMILES string of the molecule is O=C(NCCc1ccccc1)C1CSC2(CCN(C(=O)c3cc(Cl)cc(Cl)c3)CC2)N1. The summed E-state index contributed by atoms with van der Waals surface area (Å²) in [5, 5.41) is 7.51. The van der Waals surface area contributed by atoms with Crippen LogP contribution in [0.2, 0.25) is 10.0 Å². The highest BCUT2D eigenvalue weighted by molar-refractivity contribution is 8.01. The van der Waals surface area contributed by atoms with Gasteiger partial charge in [0.15, 0.2) is 0 Å². The summed E-state index contributed by atoms with van der Waals surface area (Å²) in [7, 11) is 0. The Morgan fingerprint density at radius 3 is 2.45 bits per heavy atom. The zero-order valence-corrected chi connectivity index (χ0v) is 19.4. The first kappa shape index (κ1) is 22.5.